The molecule has 4 aromatic rings. The summed E-state index contributed by atoms with van der Waals surface area (Å²) in [5.74, 6) is 0.729. The molecule has 0 aliphatic carbocycles. The van der Waals surface area contributed by atoms with Gasteiger partial charge in [-0.1, -0.05) is 30.0 Å². The maximum Gasteiger partial charge on any atom is 0.163 e. The first-order valence-electron chi connectivity index (χ1n) is 7.73. The number of nitrogens with one attached hydrogen (secondary N) is 1. The highest BCUT2D eigenvalue weighted by Crippen LogP contribution is 2.26. The Morgan fingerprint density at radius 2 is 2.04 bits per heavy atom. The monoisotopic (exact) mass is 348 g/mol. The van der Waals surface area contributed by atoms with Crippen LogP contribution in [0, 0.1) is 6.92 Å². The summed E-state index contributed by atoms with van der Waals surface area (Å²) in [4.78, 5) is 8.64. The maximum absolute atomic E-state index is 4.46. The van der Waals surface area contributed by atoms with Crippen LogP contribution >= 0.6 is 11.3 Å². The smallest absolute Gasteiger partial charge is 0.163 e. The van der Waals surface area contributed by atoms with E-state index in [-0.39, 0.29) is 0 Å². The highest BCUT2D eigenvalue weighted by Gasteiger charge is 2.08. The first-order valence-corrected chi connectivity index (χ1v) is 8.55. The third-order valence-electron chi connectivity index (χ3n) is 3.90. The van der Waals surface area contributed by atoms with Gasteiger partial charge in [0, 0.05) is 24.2 Å². The molecule has 6 nitrogen and oxygen atoms in total. The first-order chi connectivity index (χ1) is 12.1. The SMILES string of the molecule is C=C(Nc1cc2cc(-c3cncn3C)ccc2cn1)c1nnc(C)s1. The molecular formula is C18H16N6S. The second-order valence-electron chi connectivity index (χ2n) is 5.75. The first kappa shape index (κ1) is 15.5. The number of hydrogen-bond donors (Lipinski definition) is 1. The number of benzene rings is 1. The van der Waals surface area contributed by atoms with Gasteiger partial charge in [0.1, 0.15) is 10.8 Å². The van der Waals surface area contributed by atoms with E-state index < -0.39 is 0 Å². The zero-order chi connectivity index (χ0) is 17.4. The summed E-state index contributed by atoms with van der Waals surface area (Å²) in [7, 11) is 1.99. The molecule has 0 aliphatic rings. The van der Waals surface area contributed by atoms with E-state index in [0.29, 0.717) is 5.70 Å². The van der Waals surface area contributed by atoms with E-state index in [9.17, 15) is 0 Å². The number of hydrogen-bond acceptors (Lipinski definition) is 6. The maximum atomic E-state index is 4.46. The zero-order valence-electron chi connectivity index (χ0n) is 13.9. The van der Waals surface area contributed by atoms with Crippen LogP contribution in [0.15, 0.2) is 49.6 Å². The molecule has 0 atom stereocenters. The fraction of sp³-hybridized carbons (Fsp3) is 0.111. The van der Waals surface area contributed by atoms with Crippen molar-refractivity contribution >= 4 is 33.6 Å². The normalized spacial score (nSPS) is 11.0. The number of rotatable bonds is 4. The van der Waals surface area contributed by atoms with Gasteiger partial charge in [-0.25, -0.2) is 9.97 Å². The summed E-state index contributed by atoms with van der Waals surface area (Å²) in [6.45, 7) is 5.95. The average Bonchev–Trinajstić information content (AvgIpc) is 3.22. The molecule has 0 aliphatic heterocycles. The fourth-order valence-corrected chi connectivity index (χ4v) is 3.25. The lowest BCUT2D eigenvalue weighted by Gasteiger charge is -2.08. The molecule has 7 heteroatoms. The van der Waals surface area contributed by atoms with E-state index in [1.54, 1.807) is 6.33 Å². The van der Waals surface area contributed by atoms with Crippen molar-refractivity contribution in [1.82, 2.24) is 24.7 Å². The predicted octanol–water partition coefficient (Wildman–Crippen LogP) is 3.88. The Kier molecular flexibility index (Phi) is 3.77. The van der Waals surface area contributed by atoms with E-state index in [4.69, 9.17) is 0 Å². The van der Waals surface area contributed by atoms with Gasteiger partial charge in [0.25, 0.3) is 0 Å². The summed E-state index contributed by atoms with van der Waals surface area (Å²) in [6, 6.07) is 8.29. The van der Waals surface area contributed by atoms with Gasteiger partial charge in [0.15, 0.2) is 5.01 Å². The van der Waals surface area contributed by atoms with E-state index in [0.717, 1.165) is 37.9 Å². The van der Waals surface area contributed by atoms with E-state index in [1.165, 1.54) is 11.3 Å². The van der Waals surface area contributed by atoms with Crippen molar-refractivity contribution < 1.29 is 0 Å². The molecule has 1 N–H and O–H groups in total. The quantitative estimate of drug-likeness (QED) is 0.606. The molecule has 124 valence electrons. The molecule has 0 radical (unpaired) electrons. The van der Waals surface area contributed by atoms with Gasteiger partial charge in [-0.2, -0.15) is 0 Å². The van der Waals surface area contributed by atoms with Crippen LogP contribution in [0.4, 0.5) is 5.82 Å². The van der Waals surface area contributed by atoms with E-state index >= 15 is 0 Å². The van der Waals surface area contributed by atoms with Crippen molar-refractivity contribution in [3.05, 3.63) is 59.6 Å². The number of fused-ring (bicyclic) bond motifs is 1. The minimum atomic E-state index is 0.695. The van der Waals surface area contributed by atoms with E-state index in [1.807, 2.05) is 37.0 Å². The Bertz CT molecular complexity index is 1080. The van der Waals surface area contributed by atoms with Crippen molar-refractivity contribution in [1.29, 1.82) is 0 Å². The highest BCUT2D eigenvalue weighted by molar-refractivity contribution is 7.12. The number of anilines is 1. The van der Waals surface area contributed by atoms with Crippen LogP contribution in [0.1, 0.15) is 10.0 Å². The molecule has 3 heterocycles. The Labute approximate surface area is 148 Å². The van der Waals surface area contributed by atoms with Crippen molar-refractivity contribution in [3.63, 3.8) is 0 Å². The minimum Gasteiger partial charge on any atom is -0.338 e. The topological polar surface area (TPSA) is 68.5 Å². The third-order valence-corrected chi connectivity index (χ3v) is 4.80. The fourth-order valence-electron chi connectivity index (χ4n) is 2.63. The summed E-state index contributed by atoms with van der Waals surface area (Å²) < 4.78 is 2.00. The molecule has 3 aromatic heterocycles. The van der Waals surface area contributed by atoms with Gasteiger partial charge in [0.2, 0.25) is 0 Å². The lowest BCUT2D eigenvalue weighted by Crippen LogP contribution is -1.99. The lowest BCUT2D eigenvalue weighted by molar-refractivity contribution is 0.921. The predicted molar refractivity (Wildman–Crippen MR) is 101 cm³/mol. The van der Waals surface area contributed by atoms with E-state index in [2.05, 4.69) is 50.3 Å². The van der Waals surface area contributed by atoms with Gasteiger partial charge in [0.05, 0.1) is 23.9 Å². The molecule has 0 saturated carbocycles. The molecule has 0 unspecified atom stereocenters. The molecule has 0 bridgehead atoms. The minimum absolute atomic E-state index is 0.695. The Hall–Kier alpha value is -3.06. The average molecular weight is 348 g/mol. The molecule has 1 aromatic carbocycles. The summed E-state index contributed by atoms with van der Waals surface area (Å²) in [5.41, 5.74) is 2.88. The van der Waals surface area contributed by atoms with Crippen LogP contribution in [-0.2, 0) is 7.05 Å². The number of nitrogens with zero attached hydrogens (tertiary/aromatic N) is 5. The zero-order valence-corrected chi connectivity index (χ0v) is 14.7. The Balaban J connectivity index is 1.67. The van der Waals surface area contributed by atoms with Gasteiger partial charge in [-0.15, -0.1) is 10.2 Å². The van der Waals surface area contributed by atoms with Crippen LogP contribution in [0.25, 0.3) is 27.7 Å². The molecule has 25 heavy (non-hydrogen) atoms. The third kappa shape index (κ3) is 3.01. The highest BCUT2D eigenvalue weighted by atomic mass is 32.1. The van der Waals surface area contributed by atoms with Crippen molar-refractivity contribution in [2.24, 2.45) is 7.05 Å². The number of aryl methyl sites for hydroxylation is 2. The molecular weight excluding hydrogens is 332 g/mol. The van der Waals surface area contributed by atoms with Gasteiger partial charge >= 0.3 is 0 Å². The molecule has 0 fully saturated rings. The Morgan fingerprint density at radius 3 is 2.76 bits per heavy atom. The molecule has 0 saturated heterocycles. The number of imidazole rings is 1. The summed E-state index contributed by atoms with van der Waals surface area (Å²) >= 11 is 1.50. The summed E-state index contributed by atoms with van der Waals surface area (Å²) in [6.07, 6.45) is 5.51. The molecule has 4 rings (SSSR count). The molecule has 0 amide bonds. The Morgan fingerprint density at radius 1 is 1.16 bits per heavy atom. The van der Waals surface area contributed by atoms with Gasteiger partial charge in [-0.05, 0) is 24.4 Å². The van der Waals surface area contributed by atoms with Gasteiger partial charge in [-0.3, -0.25) is 0 Å². The van der Waals surface area contributed by atoms with Gasteiger partial charge < -0.3 is 9.88 Å². The molecule has 0 spiro atoms. The van der Waals surface area contributed by atoms with Crippen LogP contribution in [0.5, 0.6) is 0 Å². The number of aromatic nitrogens is 5. The standard InChI is InChI=1S/C18H16N6S/c1-11(18-23-22-12(2)25-18)21-17-7-15-6-13(4-5-14(15)8-20-17)16-9-19-10-24(16)3/h4-10H,1H2,2-3H3,(H,20,21). The second kappa shape index (κ2) is 6.10. The second-order valence-corrected chi connectivity index (χ2v) is 6.93. The van der Waals surface area contributed by atoms with Crippen molar-refractivity contribution in [3.8, 4) is 11.3 Å². The van der Waals surface area contributed by atoms with Crippen molar-refractivity contribution in [2.45, 2.75) is 6.92 Å². The number of pyridine rings is 1. The largest absolute Gasteiger partial charge is 0.338 e. The lowest BCUT2D eigenvalue weighted by atomic mass is 10.1. The van der Waals surface area contributed by atoms with Crippen LogP contribution in [-0.4, -0.2) is 24.7 Å². The van der Waals surface area contributed by atoms with Crippen molar-refractivity contribution in [2.75, 3.05) is 5.32 Å². The van der Waals surface area contributed by atoms with Crippen LogP contribution in [0.2, 0.25) is 0 Å². The van der Waals surface area contributed by atoms with Crippen LogP contribution in [0.3, 0.4) is 0 Å². The van der Waals surface area contributed by atoms with Crippen LogP contribution < -0.4 is 5.32 Å². The summed E-state index contributed by atoms with van der Waals surface area (Å²) in [5, 5.41) is 15.2.